The number of ether oxygens (including phenoxy) is 1. The number of pyridine rings is 1. The molecule has 0 radical (unpaired) electrons. The molecule has 1 aliphatic rings. The van der Waals surface area contributed by atoms with Crippen molar-refractivity contribution in [3.8, 4) is 0 Å². The van der Waals surface area contributed by atoms with Gasteiger partial charge in [0.25, 0.3) is 0 Å². The van der Waals surface area contributed by atoms with Gasteiger partial charge in [-0.25, -0.2) is 9.78 Å². The number of hydrogen-bond acceptors (Lipinski definition) is 4. The Morgan fingerprint density at radius 1 is 1.41 bits per heavy atom. The molecule has 0 N–H and O–H groups in total. The lowest BCUT2D eigenvalue weighted by atomic mass is 10.0. The van der Waals surface area contributed by atoms with Gasteiger partial charge in [0.1, 0.15) is 11.4 Å². The molecule has 1 aromatic rings. The Labute approximate surface area is 133 Å². The molecule has 0 bridgehead atoms. The second-order valence-corrected chi connectivity index (χ2v) is 6.89. The van der Waals surface area contributed by atoms with E-state index in [1.807, 2.05) is 50.9 Å². The molecule has 0 saturated carbocycles. The van der Waals surface area contributed by atoms with Crippen molar-refractivity contribution in [1.29, 1.82) is 0 Å². The van der Waals surface area contributed by atoms with Crippen LogP contribution in [0.2, 0.25) is 0 Å². The van der Waals surface area contributed by atoms with Gasteiger partial charge in [-0.2, -0.15) is 0 Å². The highest BCUT2D eigenvalue weighted by molar-refractivity contribution is 5.68. The zero-order valence-corrected chi connectivity index (χ0v) is 14.1. The summed E-state index contributed by atoms with van der Waals surface area (Å²) in [6, 6.07) is 6.05. The summed E-state index contributed by atoms with van der Waals surface area (Å²) in [5.74, 6) is 0.928. The summed E-state index contributed by atoms with van der Waals surface area (Å²) >= 11 is 0. The molecule has 22 heavy (non-hydrogen) atoms. The molecule has 1 amide bonds. The molecule has 1 aromatic heterocycles. The van der Waals surface area contributed by atoms with Crippen molar-refractivity contribution < 1.29 is 9.53 Å². The van der Waals surface area contributed by atoms with Crippen LogP contribution < -0.4 is 4.90 Å². The number of hydrogen-bond donors (Lipinski definition) is 0. The van der Waals surface area contributed by atoms with E-state index in [1.54, 1.807) is 6.20 Å². The number of rotatable bonds is 3. The van der Waals surface area contributed by atoms with Gasteiger partial charge in [0.2, 0.25) is 0 Å². The average Bonchev–Trinajstić information content (AvgIpc) is 2.47. The number of carbonyl (C=O) groups excluding carboxylic acids is 1. The lowest BCUT2D eigenvalue weighted by molar-refractivity contribution is 0.0108. The Bertz CT molecular complexity index is 484. The Balaban J connectivity index is 2.02. The molecule has 1 fully saturated rings. The molecule has 0 aromatic carbocycles. The van der Waals surface area contributed by atoms with E-state index in [-0.39, 0.29) is 12.1 Å². The number of likely N-dealkylation sites (tertiary alicyclic amines) is 1. The maximum atomic E-state index is 12.4. The average molecular weight is 305 g/mol. The first-order valence-corrected chi connectivity index (χ1v) is 7.98. The van der Waals surface area contributed by atoms with Gasteiger partial charge in [-0.05, 0) is 52.2 Å². The molecule has 2 rings (SSSR count). The van der Waals surface area contributed by atoms with Gasteiger partial charge in [0, 0.05) is 26.3 Å². The fraction of sp³-hybridized carbons (Fsp3) is 0.647. The molecule has 1 atom stereocenters. The third kappa shape index (κ3) is 4.61. The van der Waals surface area contributed by atoms with Crippen molar-refractivity contribution in [3.63, 3.8) is 0 Å². The van der Waals surface area contributed by atoms with Gasteiger partial charge in [-0.15, -0.1) is 0 Å². The molecule has 0 unspecified atom stereocenters. The number of amides is 1. The first-order chi connectivity index (χ1) is 10.4. The van der Waals surface area contributed by atoms with Crippen LogP contribution in [-0.4, -0.2) is 47.8 Å². The van der Waals surface area contributed by atoms with E-state index in [2.05, 4.69) is 9.88 Å². The standard InChI is InChI=1S/C17H27N3O2/c1-17(2,3)22-16(21)20-12-8-6-9-14(20)13-19(4)15-10-5-7-11-18-15/h5,7,10-11,14H,6,8-9,12-13H2,1-4H3/t14-/m0/s1. The fourth-order valence-corrected chi connectivity index (χ4v) is 2.74. The van der Waals surface area contributed by atoms with Crippen LogP contribution in [0.3, 0.4) is 0 Å². The van der Waals surface area contributed by atoms with Gasteiger partial charge in [0.15, 0.2) is 0 Å². The van der Waals surface area contributed by atoms with Crippen molar-refractivity contribution in [2.45, 2.75) is 51.7 Å². The van der Waals surface area contributed by atoms with Crippen LogP contribution in [0.1, 0.15) is 40.0 Å². The quantitative estimate of drug-likeness (QED) is 0.859. The number of anilines is 1. The summed E-state index contributed by atoms with van der Waals surface area (Å²) in [7, 11) is 2.02. The van der Waals surface area contributed by atoms with Gasteiger partial charge in [-0.3, -0.25) is 0 Å². The van der Waals surface area contributed by atoms with E-state index in [9.17, 15) is 4.79 Å². The van der Waals surface area contributed by atoms with E-state index in [0.29, 0.717) is 0 Å². The summed E-state index contributed by atoms with van der Waals surface area (Å²) in [5, 5.41) is 0. The minimum Gasteiger partial charge on any atom is -0.444 e. The highest BCUT2D eigenvalue weighted by atomic mass is 16.6. The lowest BCUT2D eigenvalue weighted by Crippen LogP contribution is -2.50. The Morgan fingerprint density at radius 2 is 2.18 bits per heavy atom. The first-order valence-electron chi connectivity index (χ1n) is 7.98. The predicted octanol–water partition coefficient (Wildman–Crippen LogP) is 3.31. The van der Waals surface area contributed by atoms with Crippen molar-refractivity contribution in [2.24, 2.45) is 0 Å². The Hall–Kier alpha value is -1.78. The Morgan fingerprint density at radius 3 is 2.82 bits per heavy atom. The van der Waals surface area contributed by atoms with Gasteiger partial charge >= 0.3 is 6.09 Å². The van der Waals surface area contributed by atoms with E-state index in [1.165, 1.54) is 0 Å². The monoisotopic (exact) mass is 305 g/mol. The minimum atomic E-state index is -0.452. The predicted molar refractivity (Wildman–Crippen MR) is 88.1 cm³/mol. The van der Waals surface area contributed by atoms with E-state index in [4.69, 9.17) is 4.74 Å². The molecule has 5 heteroatoms. The molecule has 1 saturated heterocycles. The van der Waals surface area contributed by atoms with Crippen molar-refractivity contribution >= 4 is 11.9 Å². The summed E-state index contributed by atoms with van der Waals surface area (Å²) in [5.41, 5.74) is -0.452. The third-order valence-corrected chi connectivity index (χ3v) is 3.78. The molecule has 0 spiro atoms. The van der Waals surface area contributed by atoms with Crippen LogP contribution in [0.5, 0.6) is 0 Å². The molecule has 1 aliphatic heterocycles. The van der Waals surface area contributed by atoms with Crippen LogP contribution in [-0.2, 0) is 4.74 Å². The van der Waals surface area contributed by atoms with Crippen LogP contribution in [0.25, 0.3) is 0 Å². The summed E-state index contributed by atoms with van der Waals surface area (Å²) in [6.07, 6.45) is 4.80. The number of likely N-dealkylation sites (N-methyl/N-ethyl adjacent to an activating group) is 1. The number of aromatic nitrogens is 1. The smallest absolute Gasteiger partial charge is 0.410 e. The van der Waals surface area contributed by atoms with Crippen LogP contribution in [0, 0.1) is 0 Å². The van der Waals surface area contributed by atoms with E-state index >= 15 is 0 Å². The summed E-state index contributed by atoms with van der Waals surface area (Å²) in [4.78, 5) is 20.8. The van der Waals surface area contributed by atoms with Gasteiger partial charge in [0.05, 0.1) is 6.04 Å². The van der Waals surface area contributed by atoms with Crippen LogP contribution in [0.4, 0.5) is 10.6 Å². The maximum Gasteiger partial charge on any atom is 0.410 e. The normalized spacial score (nSPS) is 18.9. The maximum absolute atomic E-state index is 12.4. The molecular formula is C17H27N3O2. The van der Waals surface area contributed by atoms with Gasteiger partial charge in [-0.1, -0.05) is 6.07 Å². The molecular weight excluding hydrogens is 278 g/mol. The zero-order chi connectivity index (χ0) is 16.2. The summed E-state index contributed by atoms with van der Waals surface area (Å²) in [6.45, 7) is 7.27. The fourth-order valence-electron chi connectivity index (χ4n) is 2.74. The molecule has 122 valence electrons. The van der Waals surface area contributed by atoms with Crippen molar-refractivity contribution in [2.75, 3.05) is 25.0 Å². The van der Waals surface area contributed by atoms with Crippen molar-refractivity contribution in [1.82, 2.24) is 9.88 Å². The van der Waals surface area contributed by atoms with E-state index < -0.39 is 5.60 Å². The Kier molecular flexibility index (Phi) is 5.27. The van der Waals surface area contributed by atoms with Crippen LogP contribution in [0.15, 0.2) is 24.4 Å². The van der Waals surface area contributed by atoms with Crippen LogP contribution >= 0.6 is 0 Å². The largest absolute Gasteiger partial charge is 0.444 e. The lowest BCUT2D eigenvalue weighted by Gasteiger charge is -2.38. The topological polar surface area (TPSA) is 45.7 Å². The third-order valence-electron chi connectivity index (χ3n) is 3.78. The number of piperidine rings is 1. The second kappa shape index (κ2) is 6.99. The zero-order valence-electron chi connectivity index (χ0n) is 14.1. The highest BCUT2D eigenvalue weighted by Crippen LogP contribution is 2.22. The summed E-state index contributed by atoms with van der Waals surface area (Å²) < 4.78 is 5.55. The second-order valence-electron chi connectivity index (χ2n) is 6.89. The SMILES string of the molecule is CN(C[C@@H]1CCCCN1C(=O)OC(C)(C)C)c1ccccn1. The number of nitrogens with zero attached hydrogens (tertiary/aromatic N) is 3. The molecule has 5 nitrogen and oxygen atoms in total. The van der Waals surface area contributed by atoms with Gasteiger partial charge < -0.3 is 14.5 Å². The first kappa shape index (κ1) is 16.6. The minimum absolute atomic E-state index is 0.176. The highest BCUT2D eigenvalue weighted by Gasteiger charge is 2.31. The van der Waals surface area contributed by atoms with E-state index in [0.717, 1.165) is 38.2 Å². The van der Waals surface area contributed by atoms with Crippen molar-refractivity contribution in [3.05, 3.63) is 24.4 Å². The molecule has 2 heterocycles. The molecule has 0 aliphatic carbocycles. The number of carbonyl (C=O) groups is 1.